The Balaban J connectivity index is 1.48. The van der Waals surface area contributed by atoms with Crippen molar-refractivity contribution in [3.8, 4) is 0 Å². The van der Waals surface area contributed by atoms with E-state index in [2.05, 4.69) is 20.8 Å². The van der Waals surface area contributed by atoms with Crippen LogP contribution in [0.15, 0.2) is 72.0 Å². The summed E-state index contributed by atoms with van der Waals surface area (Å²) >= 11 is 0. The van der Waals surface area contributed by atoms with Crippen LogP contribution in [0.1, 0.15) is 35.8 Å². The lowest BCUT2D eigenvalue weighted by atomic mass is 9.77. The van der Waals surface area contributed by atoms with Crippen molar-refractivity contribution in [1.82, 2.24) is 15.6 Å². The van der Waals surface area contributed by atoms with E-state index in [9.17, 15) is 19.6 Å². The molecule has 3 aromatic rings. The van der Waals surface area contributed by atoms with Gasteiger partial charge in [0.2, 0.25) is 5.60 Å². The minimum Gasteiger partial charge on any atom is -0.426 e. The molecule has 1 aliphatic rings. The maximum absolute atomic E-state index is 13.3. The van der Waals surface area contributed by atoms with Crippen LogP contribution < -0.4 is 10.6 Å². The number of aromatic nitrogens is 1. The van der Waals surface area contributed by atoms with E-state index in [1.807, 2.05) is 60.7 Å². The number of pyridine rings is 1. The van der Waals surface area contributed by atoms with E-state index in [0.29, 0.717) is 17.8 Å². The summed E-state index contributed by atoms with van der Waals surface area (Å²) in [4.78, 5) is 36.1. The number of nitrogens with one attached hydrogen (secondary N) is 2. The Morgan fingerprint density at radius 2 is 1.86 bits per heavy atom. The fourth-order valence-corrected chi connectivity index (χ4v) is 4.12. The SMILES string of the molecule is CCC(NC(=O)C1(Cc2ccccc2)CC(CNC(=O)c2nccc3ccccc23)=NO1)B(O)O. The first-order valence-electron chi connectivity index (χ1n) is 11.5. The minimum atomic E-state index is -1.70. The van der Waals surface area contributed by atoms with Crippen molar-refractivity contribution < 1.29 is 24.5 Å². The normalized spacial score (nSPS) is 17.9. The number of fused-ring (bicyclic) bond motifs is 1. The molecule has 0 bridgehead atoms. The van der Waals surface area contributed by atoms with Crippen LogP contribution in [-0.2, 0) is 16.1 Å². The fraction of sp³-hybridized carbons (Fsp3) is 0.280. The molecule has 0 fully saturated rings. The molecule has 4 rings (SSSR count). The van der Waals surface area contributed by atoms with Crippen LogP contribution in [0, 0.1) is 0 Å². The molecule has 0 aliphatic carbocycles. The van der Waals surface area contributed by atoms with Crippen molar-refractivity contribution in [2.75, 3.05) is 6.54 Å². The number of hydrogen-bond acceptors (Lipinski definition) is 7. The largest absolute Gasteiger partial charge is 0.475 e. The van der Waals surface area contributed by atoms with Gasteiger partial charge in [0.25, 0.3) is 11.8 Å². The maximum atomic E-state index is 13.3. The van der Waals surface area contributed by atoms with Crippen LogP contribution in [0.2, 0.25) is 0 Å². The van der Waals surface area contributed by atoms with Gasteiger partial charge >= 0.3 is 7.12 Å². The summed E-state index contributed by atoms with van der Waals surface area (Å²) < 4.78 is 0. The molecule has 1 aromatic heterocycles. The standard InChI is InChI=1S/C25H27BN4O5/c1-2-21(26(33)34)29-24(32)25(14-17-8-4-3-5-9-17)15-19(30-35-25)16-28-23(31)22-20-11-7-6-10-18(20)12-13-27-22/h3-13,21,33-34H,2,14-16H2,1H3,(H,28,31)(H,29,32). The second kappa shape index (κ2) is 10.7. The smallest absolute Gasteiger partial charge is 0.426 e. The highest BCUT2D eigenvalue weighted by molar-refractivity contribution is 6.43. The molecule has 10 heteroatoms. The molecule has 2 aromatic carbocycles. The monoisotopic (exact) mass is 474 g/mol. The van der Waals surface area contributed by atoms with E-state index >= 15 is 0 Å². The molecule has 180 valence electrons. The highest BCUT2D eigenvalue weighted by Gasteiger charge is 2.47. The lowest BCUT2D eigenvalue weighted by Gasteiger charge is -2.28. The first-order chi connectivity index (χ1) is 16.9. The van der Waals surface area contributed by atoms with Crippen LogP contribution >= 0.6 is 0 Å². The third-order valence-electron chi connectivity index (χ3n) is 6.04. The van der Waals surface area contributed by atoms with Crippen LogP contribution in [0.3, 0.4) is 0 Å². The van der Waals surface area contributed by atoms with E-state index in [0.717, 1.165) is 16.3 Å². The Morgan fingerprint density at radius 3 is 2.60 bits per heavy atom. The van der Waals surface area contributed by atoms with Gasteiger partial charge in [-0.1, -0.05) is 66.7 Å². The minimum absolute atomic E-state index is 0.0768. The second-order valence-corrected chi connectivity index (χ2v) is 8.55. The van der Waals surface area contributed by atoms with Gasteiger partial charge in [-0.3, -0.25) is 14.6 Å². The third-order valence-corrected chi connectivity index (χ3v) is 6.04. The Bertz CT molecular complexity index is 1230. The quantitative estimate of drug-likeness (QED) is 0.349. The molecule has 2 unspecified atom stereocenters. The predicted molar refractivity (Wildman–Crippen MR) is 133 cm³/mol. The number of benzene rings is 2. The molecule has 0 radical (unpaired) electrons. The Hall–Kier alpha value is -3.76. The zero-order chi connectivity index (χ0) is 24.8. The van der Waals surface area contributed by atoms with E-state index in [1.165, 1.54) is 0 Å². The summed E-state index contributed by atoms with van der Waals surface area (Å²) in [5.74, 6) is -1.70. The number of hydrogen-bond donors (Lipinski definition) is 4. The summed E-state index contributed by atoms with van der Waals surface area (Å²) in [5.41, 5.74) is 0.281. The topological polar surface area (TPSA) is 133 Å². The maximum Gasteiger partial charge on any atom is 0.475 e. The van der Waals surface area contributed by atoms with Crippen LogP contribution in [0.5, 0.6) is 0 Å². The Kier molecular flexibility index (Phi) is 7.43. The van der Waals surface area contributed by atoms with Gasteiger partial charge in [0.1, 0.15) is 5.69 Å². The molecule has 0 saturated carbocycles. The summed E-state index contributed by atoms with van der Waals surface area (Å²) in [7, 11) is -1.70. The molecule has 2 amide bonds. The van der Waals surface area contributed by atoms with Gasteiger partial charge in [0, 0.05) is 24.4 Å². The van der Waals surface area contributed by atoms with Gasteiger partial charge in [-0.15, -0.1) is 0 Å². The molecular weight excluding hydrogens is 447 g/mol. The van der Waals surface area contributed by atoms with Crippen molar-refractivity contribution >= 4 is 35.4 Å². The first kappa shape index (κ1) is 24.4. The van der Waals surface area contributed by atoms with Crippen molar-refractivity contribution in [2.45, 2.75) is 37.7 Å². The summed E-state index contributed by atoms with van der Waals surface area (Å²) in [6, 6.07) is 18.7. The van der Waals surface area contributed by atoms with E-state index < -0.39 is 24.6 Å². The average molecular weight is 474 g/mol. The highest BCUT2D eigenvalue weighted by Crippen LogP contribution is 2.29. The summed E-state index contributed by atoms with van der Waals surface area (Å²) in [5, 5.41) is 30.4. The van der Waals surface area contributed by atoms with Crippen molar-refractivity contribution in [2.24, 2.45) is 5.16 Å². The molecule has 4 N–H and O–H groups in total. The zero-order valence-electron chi connectivity index (χ0n) is 19.3. The number of oxime groups is 1. The lowest BCUT2D eigenvalue weighted by molar-refractivity contribution is -0.144. The highest BCUT2D eigenvalue weighted by atomic mass is 16.7. The lowest BCUT2D eigenvalue weighted by Crippen LogP contribution is -2.55. The number of amides is 2. The van der Waals surface area contributed by atoms with Crippen LogP contribution in [-0.4, -0.2) is 57.8 Å². The molecule has 2 heterocycles. The van der Waals surface area contributed by atoms with Gasteiger partial charge in [0.15, 0.2) is 0 Å². The third kappa shape index (κ3) is 5.50. The van der Waals surface area contributed by atoms with Gasteiger partial charge in [-0.05, 0) is 23.4 Å². The molecular formula is C25H27BN4O5. The van der Waals surface area contributed by atoms with Gasteiger partial charge < -0.3 is 25.5 Å². The molecule has 2 atom stereocenters. The first-order valence-corrected chi connectivity index (χ1v) is 11.5. The summed E-state index contributed by atoms with van der Waals surface area (Å²) in [6.45, 7) is 1.82. The van der Waals surface area contributed by atoms with E-state index in [-0.39, 0.29) is 25.3 Å². The van der Waals surface area contributed by atoms with Crippen LogP contribution in [0.4, 0.5) is 0 Å². The van der Waals surface area contributed by atoms with Gasteiger partial charge in [-0.25, -0.2) is 0 Å². The van der Waals surface area contributed by atoms with E-state index in [4.69, 9.17) is 4.84 Å². The summed E-state index contributed by atoms with van der Waals surface area (Å²) in [6.07, 6.45) is 2.27. The Morgan fingerprint density at radius 1 is 1.11 bits per heavy atom. The molecule has 0 saturated heterocycles. The fourth-order valence-electron chi connectivity index (χ4n) is 4.12. The van der Waals surface area contributed by atoms with E-state index in [1.54, 1.807) is 13.1 Å². The molecule has 9 nitrogen and oxygen atoms in total. The van der Waals surface area contributed by atoms with Gasteiger partial charge in [-0.2, -0.15) is 0 Å². The predicted octanol–water partition coefficient (Wildman–Crippen LogP) is 1.63. The molecule has 35 heavy (non-hydrogen) atoms. The van der Waals surface area contributed by atoms with Crippen LogP contribution in [0.25, 0.3) is 10.8 Å². The number of carbonyl (C=O) groups is 2. The zero-order valence-corrected chi connectivity index (χ0v) is 19.3. The second-order valence-electron chi connectivity index (χ2n) is 8.55. The van der Waals surface area contributed by atoms with Crippen molar-refractivity contribution in [3.63, 3.8) is 0 Å². The molecule has 0 spiro atoms. The van der Waals surface area contributed by atoms with Gasteiger partial charge in [0.05, 0.1) is 18.2 Å². The number of nitrogens with zero attached hydrogens (tertiary/aromatic N) is 2. The Labute approximate surface area is 203 Å². The average Bonchev–Trinajstić information content (AvgIpc) is 3.29. The van der Waals surface area contributed by atoms with Crippen molar-refractivity contribution in [1.29, 1.82) is 0 Å². The number of rotatable bonds is 9. The van der Waals surface area contributed by atoms with Crippen molar-refractivity contribution in [3.05, 3.63) is 78.1 Å². The molecule has 1 aliphatic heterocycles. The number of carbonyl (C=O) groups excluding carboxylic acids is 2.